The zero-order valence-corrected chi connectivity index (χ0v) is 11.1. The van der Waals surface area contributed by atoms with Crippen LogP contribution in [0.2, 0.25) is 0 Å². The number of rotatable bonds is 1. The molecule has 0 radical (unpaired) electrons. The predicted octanol–water partition coefficient (Wildman–Crippen LogP) is 1.88. The molecule has 1 saturated heterocycles. The first-order valence-corrected chi connectivity index (χ1v) is 7.43. The lowest BCUT2D eigenvalue weighted by atomic mass is 9.84. The average Bonchev–Trinajstić information content (AvgIpc) is 2.81. The van der Waals surface area contributed by atoms with Crippen LogP contribution in [0.15, 0.2) is 24.3 Å². The van der Waals surface area contributed by atoms with Gasteiger partial charge in [-0.15, -0.1) is 0 Å². The van der Waals surface area contributed by atoms with E-state index < -0.39 is 0 Å². The molecule has 3 aliphatic rings. The van der Waals surface area contributed by atoms with Crippen molar-refractivity contribution in [2.24, 2.45) is 5.92 Å². The molecule has 0 spiro atoms. The fourth-order valence-electron chi connectivity index (χ4n) is 3.72. The summed E-state index contributed by atoms with van der Waals surface area (Å²) in [6.45, 7) is 2.75. The molecule has 3 heteroatoms. The van der Waals surface area contributed by atoms with Crippen LogP contribution in [0, 0.1) is 5.92 Å². The number of amides is 1. The van der Waals surface area contributed by atoms with Gasteiger partial charge in [0.1, 0.15) is 0 Å². The smallest absolute Gasteiger partial charge is 0.225 e. The lowest BCUT2D eigenvalue weighted by Gasteiger charge is -2.29. The van der Waals surface area contributed by atoms with E-state index >= 15 is 0 Å². The van der Waals surface area contributed by atoms with Crippen molar-refractivity contribution in [3.05, 3.63) is 35.4 Å². The van der Waals surface area contributed by atoms with Crippen molar-refractivity contribution in [3.8, 4) is 0 Å². The Morgan fingerprint density at radius 2 is 2.05 bits per heavy atom. The number of benzene rings is 1. The van der Waals surface area contributed by atoms with E-state index in [1.165, 1.54) is 17.5 Å². The lowest BCUT2D eigenvalue weighted by Crippen LogP contribution is -2.41. The first kappa shape index (κ1) is 11.5. The third-order valence-electron chi connectivity index (χ3n) is 5.10. The van der Waals surface area contributed by atoms with Crippen LogP contribution in [0.4, 0.5) is 0 Å². The predicted molar refractivity (Wildman–Crippen MR) is 73.7 cm³/mol. The van der Waals surface area contributed by atoms with Crippen molar-refractivity contribution >= 4 is 5.91 Å². The fourth-order valence-corrected chi connectivity index (χ4v) is 3.72. The summed E-state index contributed by atoms with van der Waals surface area (Å²) in [6.07, 6.45) is 3.45. The molecule has 1 aliphatic carbocycles. The second kappa shape index (κ2) is 4.34. The maximum atomic E-state index is 12.4. The summed E-state index contributed by atoms with van der Waals surface area (Å²) in [6, 6.07) is 9.13. The minimum Gasteiger partial charge on any atom is -0.340 e. The van der Waals surface area contributed by atoms with Crippen LogP contribution < -0.4 is 5.32 Å². The molecule has 1 amide bonds. The van der Waals surface area contributed by atoms with Crippen LogP contribution in [0.5, 0.6) is 0 Å². The van der Waals surface area contributed by atoms with E-state index in [0.29, 0.717) is 23.8 Å². The molecular formula is C16H20N2O. The third-order valence-corrected chi connectivity index (χ3v) is 5.10. The molecule has 19 heavy (non-hydrogen) atoms. The largest absolute Gasteiger partial charge is 0.340 e. The zero-order chi connectivity index (χ0) is 12.8. The van der Waals surface area contributed by atoms with Gasteiger partial charge in [-0.25, -0.2) is 0 Å². The highest BCUT2D eigenvalue weighted by Gasteiger charge is 2.41. The van der Waals surface area contributed by atoms with E-state index in [1.807, 2.05) is 0 Å². The normalized spacial score (nSPS) is 29.6. The molecular weight excluding hydrogens is 236 g/mol. The Morgan fingerprint density at radius 3 is 2.84 bits per heavy atom. The number of hydrogen-bond donors (Lipinski definition) is 1. The van der Waals surface area contributed by atoms with Gasteiger partial charge in [-0.3, -0.25) is 4.79 Å². The highest BCUT2D eigenvalue weighted by Crippen LogP contribution is 2.36. The Bertz CT molecular complexity index is 509. The molecule has 1 N–H and O–H groups in total. The van der Waals surface area contributed by atoms with Crippen LogP contribution in [0.3, 0.4) is 0 Å². The molecule has 0 unspecified atom stereocenters. The van der Waals surface area contributed by atoms with Crippen LogP contribution in [-0.4, -0.2) is 29.9 Å². The molecule has 3 nitrogen and oxygen atoms in total. The van der Waals surface area contributed by atoms with Crippen molar-refractivity contribution in [2.45, 2.75) is 37.8 Å². The average molecular weight is 256 g/mol. The summed E-state index contributed by atoms with van der Waals surface area (Å²) in [5.41, 5.74) is 2.86. The monoisotopic (exact) mass is 256 g/mol. The zero-order valence-electron chi connectivity index (χ0n) is 11.1. The van der Waals surface area contributed by atoms with Crippen LogP contribution in [0.25, 0.3) is 0 Å². The molecule has 2 atom stereocenters. The molecule has 1 aromatic rings. The van der Waals surface area contributed by atoms with Gasteiger partial charge < -0.3 is 10.2 Å². The summed E-state index contributed by atoms with van der Waals surface area (Å²) in [7, 11) is 0. The first-order valence-electron chi connectivity index (χ1n) is 7.43. The van der Waals surface area contributed by atoms with Crippen molar-refractivity contribution in [1.29, 1.82) is 0 Å². The number of nitrogens with one attached hydrogen (secondary N) is 1. The van der Waals surface area contributed by atoms with E-state index in [-0.39, 0.29) is 0 Å². The molecule has 0 aromatic heterocycles. The van der Waals surface area contributed by atoms with Gasteiger partial charge in [0, 0.05) is 37.5 Å². The number of nitrogens with zero attached hydrogens (tertiary/aromatic N) is 1. The summed E-state index contributed by atoms with van der Waals surface area (Å²) in [5.74, 6) is 1.23. The second-order valence-corrected chi connectivity index (χ2v) is 6.16. The van der Waals surface area contributed by atoms with E-state index in [4.69, 9.17) is 0 Å². The second-order valence-electron chi connectivity index (χ2n) is 6.16. The quantitative estimate of drug-likeness (QED) is 0.832. The molecule has 2 aliphatic heterocycles. The number of hydrogen-bond acceptors (Lipinski definition) is 2. The van der Waals surface area contributed by atoms with Gasteiger partial charge in [-0.1, -0.05) is 30.7 Å². The number of carbonyl (C=O) groups excluding carboxylic acids is 1. The molecule has 2 heterocycles. The molecule has 2 fully saturated rings. The Labute approximate surface area is 114 Å². The number of carbonyl (C=O) groups is 1. The maximum Gasteiger partial charge on any atom is 0.225 e. The maximum absolute atomic E-state index is 12.4. The van der Waals surface area contributed by atoms with E-state index in [2.05, 4.69) is 34.5 Å². The van der Waals surface area contributed by atoms with Crippen molar-refractivity contribution in [1.82, 2.24) is 10.2 Å². The molecule has 1 saturated carbocycles. The summed E-state index contributed by atoms with van der Waals surface area (Å²) in [4.78, 5) is 14.5. The van der Waals surface area contributed by atoms with Crippen molar-refractivity contribution < 1.29 is 4.79 Å². The molecule has 4 rings (SSSR count). The van der Waals surface area contributed by atoms with Gasteiger partial charge in [0.25, 0.3) is 0 Å². The summed E-state index contributed by atoms with van der Waals surface area (Å²) < 4.78 is 0. The molecule has 100 valence electrons. The minimum absolute atomic E-state index is 0.329. The Balaban J connectivity index is 1.56. The topological polar surface area (TPSA) is 32.3 Å². The third kappa shape index (κ3) is 1.79. The van der Waals surface area contributed by atoms with E-state index in [9.17, 15) is 4.79 Å². The summed E-state index contributed by atoms with van der Waals surface area (Å²) >= 11 is 0. The van der Waals surface area contributed by atoms with Crippen LogP contribution in [-0.2, 0) is 11.3 Å². The van der Waals surface area contributed by atoms with Crippen molar-refractivity contribution in [2.75, 3.05) is 13.1 Å². The standard InChI is InChI=1S/C16H20N2O/c19-16(11-5-3-6-11)18-9-14-13-7-2-1-4-12(13)8-17-15(14)10-18/h1-2,4,7,11,14-15,17H,3,5-6,8-10H2/t14-,15+/m0/s1. The number of fused-ring (bicyclic) bond motifs is 3. The highest BCUT2D eigenvalue weighted by molar-refractivity contribution is 5.80. The Kier molecular flexibility index (Phi) is 2.62. The van der Waals surface area contributed by atoms with Gasteiger partial charge in [0.15, 0.2) is 0 Å². The van der Waals surface area contributed by atoms with E-state index in [1.54, 1.807) is 0 Å². The first-order chi connectivity index (χ1) is 9.33. The SMILES string of the molecule is O=C(C1CCC1)N1C[C@H]2NCc3ccccc3[C@@H]2C1. The Hall–Kier alpha value is -1.35. The minimum atomic E-state index is 0.329. The van der Waals surface area contributed by atoms with Gasteiger partial charge in [-0.2, -0.15) is 0 Å². The highest BCUT2D eigenvalue weighted by atomic mass is 16.2. The Morgan fingerprint density at radius 1 is 1.21 bits per heavy atom. The summed E-state index contributed by atoms with van der Waals surface area (Å²) in [5, 5.41) is 3.60. The van der Waals surface area contributed by atoms with Crippen LogP contribution in [0.1, 0.15) is 36.3 Å². The lowest BCUT2D eigenvalue weighted by molar-refractivity contribution is -0.137. The van der Waals surface area contributed by atoms with Gasteiger partial charge in [-0.05, 0) is 24.0 Å². The fraction of sp³-hybridized carbons (Fsp3) is 0.562. The van der Waals surface area contributed by atoms with Gasteiger partial charge >= 0.3 is 0 Å². The van der Waals surface area contributed by atoms with Gasteiger partial charge in [0.05, 0.1) is 0 Å². The van der Waals surface area contributed by atoms with Crippen LogP contribution >= 0.6 is 0 Å². The van der Waals surface area contributed by atoms with Crippen molar-refractivity contribution in [3.63, 3.8) is 0 Å². The molecule has 0 bridgehead atoms. The number of likely N-dealkylation sites (tertiary alicyclic amines) is 1. The van der Waals surface area contributed by atoms with E-state index in [0.717, 1.165) is 32.5 Å². The molecule has 1 aromatic carbocycles. The van der Waals surface area contributed by atoms with Gasteiger partial charge in [0.2, 0.25) is 5.91 Å².